The fraction of sp³-hybridized carbons (Fsp3) is 0.846. The molecule has 0 saturated carbocycles. The van der Waals surface area contributed by atoms with Gasteiger partial charge >= 0.3 is 0 Å². The second kappa shape index (κ2) is 5.29. The molecule has 20 heavy (non-hydrogen) atoms. The molecule has 3 atom stereocenters. The van der Waals surface area contributed by atoms with Crippen LogP contribution in [0.15, 0.2) is 4.52 Å². The lowest BCUT2D eigenvalue weighted by Gasteiger charge is -2.46. The number of hydrogen-bond donors (Lipinski definition) is 1. The summed E-state index contributed by atoms with van der Waals surface area (Å²) in [5.41, 5.74) is 0. The molecule has 110 valence electrons. The predicted octanol–water partition coefficient (Wildman–Crippen LogP) is 0.160. The number of nitrogens with one attached hydrogen (secondary N) is 1. The van der Waals surface area contributed by atoms with E-state index in [1.54, 1.807) is 0 Å². The maximum absolute atomic E-state index is 5.58. The number of piperazine rings is 3. The van der Waals surface area contributed by atoms with Crippen LogP contribution in [0.1, 0.15) is 23.7 Å². The second-order valence-electron chi connectivity index (χ2n) is 5.88. The summed E-state index contributed by atoms with van der Waals surface area (Å²) >= 11 is 1.96. The minimum atomic E-state index is 0.331. The third-order valence-corrected chi connectivity index (χ3v) is 5.99. The first kappa shape index (κ1) is 13.1. The monoisotopic (exact) mass is 295 g/mol. The number of nitrogens with zero attached hydrogens (tertiary/aromatic N) is 4. The van der Waals surface area contributed by atoms with Crippen molar-refractivity contribution < 1.29 is 4.52 Å². The van der Waals surface area contributed by atoms with Gasteiger partial charge in [-0.2, -0.15) is 16.7 Å². The molecule has 3 unspecified atom stereocenters. The van der Waals surface area contributed by atoms with Gasteiger partial charge in [-0.15, -0.1) is 0 Å². The van der Waals surface area contributed by atoms with Gasteiger partial charge in [-0.25, -0.2) is 0 Å². The molecular weight excluding hydrogens is 274 g/mol. The highest BCUT2D eigenvalue weighted by Gasteiger charge is 2.37. The van der Waals surface area contributed by atoms with E-state index in [2.05, 4.69) is 20.3 Å². The second-order valence-corrected chi connectivity index (χ2v) is 6.96. The Hall–Kier alpha value is -0.630. The van der Waals surface area contributed by atoms with E-state index in [0.29, 0.717) is 18.0 Å². The van der Waals surface area contributed by atoms with Crippen LogP contribution >= 0.6 is 11.8 Å². The fourth-order valence-electron chi connectivity index (χ4n) is 3.48. The Bertz CT molecular complexity index is 473. The molecule has 1 aromatic rings. The number of likely N-dealkylation sites (N-methyl/N-ethyl adjacent to an activating group) is 1. The Morgan fingerprint density at radius 1 is 1.25 bits per heavy atom. The average Bonchev–Trinajstić information content (AvgIpc) is 3.17. The molecule has 1 aromatic heterocycles. The van der Waals surface area contributed by atoms with Crippen LogP contribution in [-0.4, -0.2) is 77.3 Å². The van der Waals surface area contributed by atoms with Crippen molar-refractivity contribution in [3.63, 3.8) is 0 Å². The molecule has 5 heterocycles. The van der Waals surface area contributed by atoms with Gasteiger partial charge in [0.25, 0.3) is 0 Å². The summed E-state index contributed by atoms with van der Waals surface area (Å²) in [4.78, 5) is 9.73. The SMILES string of the molecule is CNC1CSCC1c1nc(C2CN3CCN2CC3)no1. The van der Waals surface area contributed by atoms with Gasteiger partial charge in [0, 0.05) is 50.3 Å². The van der Waals surface area contributed by atoms with Crippen LogP contribution in [0.4, 0.5) is 0 Å². The molecule has 7 heteroatoms. The minimum absolute atomic E-state index is 0.331. The van der Waals surface area contributed by atoms with Crippen molar-refractivity contribution in [2.45, 2.75) is 18.0 Å². The maximum Gasteiger partial charge on any atom is 0.232 e. The lowest BCUT2D eigenvalue weighted by Crippen LogP contribution is -2.57. The standard InChI is InChI=1S/C13H21N5OS/c1-14-10-8-20-7-9(10)13-15-12(16-19-13)11-6-17-2-4-18(11)5-3-17/h9-11,14H,2-8H2,1H3. The van der Waals surface area contributed by atoms with E-state index in [1.807, 2.05) is 18.8 Å². The van der Waals surface area contributed by atoms with Crippen molar-refractivity contribution in [1.29, 1.82) is 0 Å². The van der Waals surface area contributed by atoms with Gasteiger partial charge in [-0.1, -0.05) is 5.16 Å². The molecule has 0 amide bonds. The molecular formula is C13H21N5OS. The number of hydrogen-bond acceptors (Lipinski definition) is 7. The Morgan fingerprint density at radius 3 is 2.80 bits per heavy atom. The molecule has 5 rings (SSSR count). The van der Waals surface area contributed by atoms with Crippen LogP contribution in [0.5, 0.6) is 0 Å². The lowest BCUT2D eigenvalue weighted by molar-refractivity contribution is 0.00781. The number of thioether (sulfide) groups is 1. The quantitative estimate of drug-likeness (QED) is 0.852. The average molecular weight is 295 g/mol. The Balaban J connectivity index is 1.53. The Morgan fingerprint density at radius 2 is 2.10 bits per heavy atom. The van der Waals surface area contributed by atoms with Crippen molar-refractivity contribution >= 4 is 11.8 Å². The van der Waals surface area contributed by atoms with E-state index in [0.717, 1.165) is 42.9 Å². The normalized spacial score (nSPS) is 40.4. The summed E-state index contributed by atoms with van der Waals surface area (Å²) in [5, 5.41) is 7.64. The number of fused-ring (bicyclic) bond motifs is 3. The maximum atomic E-state index is 5.58. The zero-order valence-corrected chi connectivity index (χ0v) is 12.6. The largest absolute Gasteiger partial charge is 0.339 e. The molecule has 2 bridgehead atoms. The Kier molecular flexibility index (Phi) is 3.45. The van der Waals surface area contributed by atoms with Crippen molar-refractivity contribution in [2.24, 2.45) is 0 Å². The minimum Gasteiger partial charge on any atom is -0.339 e. The number of rotatable bonds is 3. The zero-order chi connectivity index (χ0) is 13.5. The third kappa shape index (κ3) is 2.16. The molecule has 0 aliphatic carbocycles. The van der Waals surface area contributed by atoms with Crippen molar-refractivity contribution in [1.82, 2.24) is 25.3 Å². The first-order valence-corrected chi connectivity index (χ1v) is 8.55. The molecule has 1 N–H and O–H groups in total. The molecule has 0 aromatic carbocycles. The number of aromatic nitrogens is 2. The van der Waals surface area contributed by atoms with E-state index in [4.69, 9.17) is 9.51 Å². The summed E-state index contributed by atoms with van der Waals surface area (Å²) in [6, 6.07) is 0.789. The van der Waals surface area contributed by atoms with E-state index in [9.17, 15) is 0 Å². The van der Waals surface area contributed by atoms with Gasteiger partial charge in [0.2, 0.25) is 5.89 Å². The zero-order valence-electron chi connectivity index (χ0n) is 11.8. The molecule has 0 spiro atoms. The summed E-state index contributed by atoms with van der Waals surface area (Å²) in [5.74, 6) is 4.27. The highest BCUT2D eigenvalue weighted by molar-refractivity contribution is 7.99. The van der Waals surface area contributed by atoms with Crippen LogP contribution in [-0.2, 0) is 0 Å². The first-order valence-electron chi connectivity index (χ1n) is 7.40. The molecule has 6 nitrogen and oxygen atoms in total. The Labute approximate surface area is 123 Å². The van der Waals surface area contributed by atoms with Crippen molar-refractivity contribution in [3.8, 4) is 0 Å². The van der Waals surface area contributed by atoms with Crippen LogP contribution in [0.2, 0.25) is 0 Å². The fourth-order valence-corrected chi connectivity index (χ4v) is 4.90. The van der Waals surface area contributed by atoms with Crippen LogP contribution in [0, 0.1) is 0 Å². The van der Waals surface area contributed by atoms with Gasteiger partial charge in [0.1, 0.15) is 0 Å². The summed E-state index contributed by atoms with van der Waals surface area (Å²) < 4.78 is 5.58. The van der Waals surface area contributed by atoms with E-state index < -0.39 is 0 Å². The van der Waals surface area contributed by atoms with Gasteiger partial charge < -0.3 is 9.84 Å². The van der Waals surface area contributed by atoms with Crippen LogP contribution in [0.25, 0.3) is 0 Å². The van der Waals surface area contributed by atoms with Crippen molar-refractivity contribution in [2.75, 3.05) is 51.3 Å². The molecule has 4 aliphatic heterocycles. The topological polar surface area (TPSA) is 57.4 Å². The summed E-state index contributed by atoms with van der Waals surface area (Å²) in [7, 11) is 2.01. The van der Waals surface area contributed by atoms with E-state index >= 15 is 0 Å². The molecule has 4 saturated heterocycles. The van der Waals surface area contributed by atoms with E-state index in [1.165, 1.54) is 13.1 Å². The highest BCUT2D eigenvalue weighted by Crippen LogP contribution is 2.33. The molecule has 0 radical (unpaired) electrons. The smallest absolute Gasteiger partial charge is 0.232 e. The summed E-state index contributed by atoms with van der Waals surface area (Å²) in [6.45, 7) is 5.68. The van der Waals surface area contributed by atoms with Crippen LogP contribution in [0.3, 0.4) is 0 Å². The predicted molar refractivity (Wildman–Crippen MR) is 78.0 cm³/mol. The molecule has 4 fully saturated rings. The van der Waals surface area contributed by atoms with Crippen molar-refractivity contribution in [3.05, 3.63) is 11.7 Å². The first-order chi connectivity index (χ1) is 9.85. The third-order valence-electron chi connectivity index (χ3n) is 4.80. The highest BCUT2D eigenvalue weighted by atomic mass is 32.2. The van der Waals surface area contributed by atoms with Gasteiger partial charge in [0.05, 0.1) is 12.0 Å². The lowest BCUT2D eigenvalue weighted by atomic mass is 10.0. The van der Waals surface area contributed by atoms with E-state index in [-0.39, 0.29) is 0 Å². The summed E-state index contributed by atoms with van der Waals surface area (Å²) in [6.07, 6.45) is 0. The van der Waals surface area contributed by atoms with Gasteiger partial charge in [-0.3, -0.25) is 9.80 Å². The molecule has 4 aliphatic rings. The van der Waals surface area contributed by atoms with Gasteiger partial charge in [0.15, 0.2) is 5.82 Å². The van der Waals surface area contributed by atoms with Crippen LogP contribution < -0.4 is 5.32 Å². The van der Waals surface area contributed by atoms with Gasteiger partial charge in [-0.05, 0) is 7.05 Å².